The first-order valence-corrected chi connectivity index (χ1v) is 6.31. The van der Waals surface area contributed by atoms with Crippen molar-refractivity contribution in [1.29, 1.82) is 0 Å². The first-order chi connectivity index (χ1) is 8.86. The summed E-state index contributed by atoms with van der Waals surface area (Å²) in [5.74, 6) is 0. The molecule has 0 spiro atoms. The Labute approximate surface area is 108 Å². The first kappa shape index (κ1) is 11.2. The van der Waals surface area contributed by atoms with Crippen molar-refractivity contribution in [3.05, 3.63) is 48.4 Å². The Morgan fingerprint density at radius 1 is 1.17 bits per heavy atom. The largest absolute Gasteiger partial charge is 0.325 e. The Bertz CT molecular complexity index is 662. The average molecular weight is 257 g/mol. The van der Waals surface area contributed by atoms with Crippen molar-refractivity contribution in [2.24, 2.45) is 5.73 Å². The molecule has 0 aliphatic heterocycles. The van der Waals surface area contributed by atoms with Gasteiger partial charge in [0.05, 0.1) is 5.69 Å². The highest BCUT2D eigenvalue weighted by Gasteiger charge is 2.06. The maximum atomic E-state index is 5.51. The van der Waals surface area contributed by atoms with Gasteiger partial charge in [-0.1, -0.05) is 6.07 Å². The molecule has 90 valence electrons. The lowest BCUT2D eigenvalue weighted by atomic mass is 10.4. The molecule has 6 heteroatoms. The molecule has 0 bridgehead atoms. The summed E-state index contributed by atoms with van der Waals surface area (Å²) < 4.78 is 1.95. The summed E-state index contributed by atoms with van der Waals surface area (Å²) in [5, 5.41) is 9.08. The molecule has 0 saturated carbocycles. The van der Waals surface area contributed by atoms with Crippen LogP contribution < -0.4 is 5.73 Å². The minimum absolute atomic E-state index is 0.457. The van der Waals surface area contributed by atoms with Gasteiger partial charge in [0.1, 0.15) is 0 Å². The Morgan fingerprint density at radius 3 is 2.89 bits per heavy atom. The van der Waals surface area contributed by atoms with E-state index < -0.39 is 0 Å². The number of rotatable bonds is 3. The monoisotopic (exact) mass is 257 g/mol. The van der Waals surface area contributed by atoms with E-state index in [-0.39, 0.29) is 0 Å². The quantitative estimate of drug-likeness (QED) is 0.774. The van der Waals surface area contributed by atoms with Gasteiger partial charge >= 0.3 is 0 Å². The molecule has 2 N–H and O–H groups in total. The molecule has 0 aliphatic carbocycles. The zero-order chi connectivity index (χ0) is 12.4. The molecule has 5 nitrogen and oxygen atoms in total. The third-order valence-corrected chi connectivity index (χ3v) is 3.44. The van der Waals surface area contributed by atoms with Crippen LogP contribution in [0.3, 0.4) is 0 Å². The highest BCUT2D eigenvalue weighted by molar-refractivity contribution is 7.99. The van der Waals surface area contributed by atoms with Crippen molar-refractivity contribution in [3.63, 3.8) is 0 Å². The van der Waals surface area contributed by atoms with Gasteiger partial charge in [-0.05, 0) is 36.0 Å². The fraction of sp³-hybridized carbons (Fsp3) is 0.0833. The van der Waals surface area contributed by atoms with Crippen molar-refractivity contribution >= 4 is 17.4 Å². The summed E-state index contributed by atoms with van der Waals surface area (Å²) in [6.07, 6.45) is 3.75. The van der Waals surface area contributed by atoms with E-state index in [1.54, 1.807) is 6.20 Å². The molecule has 0 aliphatic rings. The molecule has 0 aromatic carbocycles. The van der Waals surface area contributed by atoms with Gasteiger partial charge in [-0.25, -0.2) is 0 Å². The van der Waals surface area contributed by atoms with Crippen LogP contribution in [0.4, 0.5) is 0 Å². The van der Waals surface area contributed by atoms with Crippen LogP contribution in [0.5, 0.6) is 0 Å². The molecule has 0 amide bonds. The Kier molecular flexibility index (Phi) is 2.95. The summed E-state index contributed by atoms with van der Waals surface area (Å²) in [7, 11) is 0. The predicted octanol–water partition coefficient (Wildman–Crippen LogP) is 1.73. The van der Waals surface area contributed by atoms with Gasteiger partial charge in [-0.3, -0.25) is 9.38 Å². The van der Waals surface area contributed by atoms with Crippen molar-refractivity contribution < 1.29 is 0 Å². The van der Waals surface area contributed by atoms with Crippen molar-refractivity contribution in [2.45, 2.75) is 16.6 Å². The lowest BCUT2D eigenvalue weighted by molar-refractivity contribution is 0.919. The van der Waals surface area contributed by atoms with E-state index in [2.05, 4.69) is 15.2 Å². The number of hydrogen-bond donors (Lipinski definition) is 1. The zero-order valence-corrected chi connectivity index (χ0v) is 10.3. The molecular formula is C12H11N5S. The topological polar surface area (TPSA) is 69.1 Å². The number of aromatic nitrogens is 4. The highest BCUT2D eigenvalue weighted by atomic mass is 32.2. The Hall–Kier alpha value is -1.92. The Morgan fingerprint density at radius 2 is 2.11 bits per heavy atom. The molecule has 0 atom stereocenters. The zero-order valence-electron chi connectivity index (χ0n) is 9.52. The maximum Gasteiger partial charge on any atom is 0.200 e. The molecule has 3 heterocycles. The average Bonchev–Trinajstić information content (AvgIpc) is 2.83. The van der Waals surface area contributed by atoms with Gasteiger partial charge in [-0.15, -0.1) is 10.2 Å². The molecule has 3 aromatic heterocycles. The lowest BCUT2D eigenvalue weighted by Crippen LogP contribution is -1.98. The number of fused-ring (bicyclic) bond motifs is 1. The normalized spacial score (nSPS) is 10.9. The van der Waals surface area contributed by atoms with Crippen LogP contribution in [0.25, 0.3) is 5.65 Å². The van der Waals surface area contributed by atoms with Gasteiger partial charge in [0.25, 0.3) is 0 Å². The number of pyridine rings is 2. The van der Waals surface area contributed by atoms with Gasteiger partial charge < -0.3 is 5.73 Å². The SMILES string of the molecule is NCc1ccc(Sc2nnc3ccccn23)cn1. The third-order valence-electron chi connectivity index (χ3n) is 2.50. The highest BCUT2D eigenvalue weighted by Crippen LogP contribution is 2.25. The minimum atomic E-state index is 0.457. The van der Waals surface area contributed by atoms with E-state index in [0.29, 0.717) is 6.54 Å². The number of nitrogens with two attached hydrogens (primary N) is 1. The van der Waals surface area contributed by atoms with Gasteiger partial charge in [0, 0.05) is 23.8 Å². The van der Waals surface area contributed by atoms with Crippen LogP contribution in [0, 0.1) is 0 Å². The van der Waals surface area contributed by atoms with E-state index in [1.165, 1.54) is 11.8 Å². The summed E-state index contributed by atoms with van der Waals surface area (Å²) in [5.41, 5.74) is 7.23. The summed E-state index contributed by atoms with van der Waals surface area (Å²) >= 11 is 1.53. The smallest absolute Gasteiger partial charge is 0.200 e. The standard InChI is InChI=1S/C12H11N5S/c13-7-9-4-5-10(8-14-9)18-12-16-15-11-3-1-2-6-17(11)12/h1-6,8H,7,13H2. The van der Waals surface area contributed by atoms with Crippen LogP contribution >= 0.6 is 11.8 Å². The second-order valence-corrected chi connectivity index (χ2v) is 4.74. The summed E-state index contributed by atoms with van der Waals surface area (Å²) in [6, 6.07) is 9.73. The molecular weight excluding hydrogens is 246 g/mol. The van der Waals surface area contributed by atoms with Crippen LogP contribution in [-0.4, -0.2) is 19.6 Å². The second kappa shape index (κ2) is 4.75. The Balaban J connectivity index is 1.91. The second-order valence-electron chi connectivity index (χ2n) is 3.70. The van der Waals surface area contributed by atoms with Crippen LogP contribution in [0.1, 0.15) is 5.69 Å². The summed E-state index contributed by atoms with van der Waals surface area (Å²) in [6.45, 7) is 0.457. The van der Waals surface area contributed by atoms with Crippen molar-refractivity contribution in [3.8, 4) is 0 Å². The maximum absolute atomic E-state index is 5.51. The van der Waals surface area contributed by atoms with Gasteiger partial charge in [0.2, 0.25) is 0 Å². The van der Waals surface area contributed by atoms with E-state index >= 15 is 0 Å². The van der Waals surface area contributed by atoms with E-state index in [0.717, 1.165) is 21.4 Å². The molecule has 3 rings (SSSR count). The summed E-state index contributed by atoms with van der Waals surface area (Å²) in [4.78, 5) is 5.27. The predicted molar refractivity (Wildman–Crippen MR) is 69.2 cm³/mol. The third kappa shape index (κ3) is 2.07. The fourth-order valence-corrected chi connectivity index (χ4v) is 2.37. The van der Waals surface area contributed by atoms with Crippen LogP contribution in [0.2, 0.25) is 0 Å². The van der Waals surface area contributed by atoms with E-state index in [1.807, 2.05) is 40.9 Å². The molecule has 3 aromatic rings. The molecule has 0 unspecified atom stereocenters. The van der Waals surface area contributed by atoms with E-state index in [4.69, 9.17) is 5.73 Å². The van der Waals surface area contributed by atoms with Crippen LogP contribution in [0.15, 0.2) is 52.8 Å². The van der Waals surface area contributed by atoms with Crippen molar-refractivity contribution in [2.75, 3.05) is 0 Å². The molecule has 18 heavy (non-hydrogen) atoms. The fourth-order valence-electron chi connectivity index (χ4n) is 1.59. The first-order valence-electron chi connectivity index (χ1n) is 5.49. The lowest BCUT2D eigenvalue weighted by Gasteiger charge is -2.00. The molecule has 0 fully saturated rings. The van der Waals surface area contributed by atoms with Gasteiger partial charge in [-0.2, -0.15) is 0 Å². The minimum Gasteiger partial charge on any atom is -0.325 e. The van der Waals surface area contributed by atoms with Crippen LogP contribution in [-0.2, 0) is 6.54 Å². The molecule has 0 saturated heterocycles. The van der Waals surface area contributed by atoms with Crippen molar-refractivity contribution in [1.82, 2.24) is 19.6 Å². The number of nitrogens with zero attached hydrogens (tertiary/aromatic N) is 4. The molecule has 0 radical (unpaired) electrons. The van der Waals surface area contributed by atoms with Gasteiger partial charge in [0.15, 0.2) is 10.8 Å². The number of hydrogen-bond acceptors (Lipinski definition) is 5. The van der Waals surface area contributed by atoms with E-state index in [9.17, 15) is 0 Å².